The third-order valence-corrected chi connectivity index (χ3v) is 5.17. The van der Waals surface area contributed by atoms with Crippen molar-refractivity contribution in [2.45, 2.75) is 24.2 Å². The van der Waals surface area contributed by atoms with Crippen LogP contribution >= 0.6 is 0 Å². The zero-order chi connectivity index (χ0) is 15.5. The minimum Gasteiger partial charge on any atom is -0.493 e. The number of rotatable bonds is 8. The number of sulfonamides is 1. The van der Waals surface area contributed by atoms with E-state index < -0.39 is 16.0 Å². The molecule has 21 heavy (non-hydrogen) atoms. The maximum Gasteiger partial charge on any atom is 0.306 e. The van der Waals surface area contributed by atoms with Crippen LogP contribution in [0, 0.1) is 5.92 Å². The first-order chi connectivity index (χ1) is 9.89. The van der Waals surface area contributed by atoms with Gasteiger partial charge in [-0.25, -0.2) is 12.7 Å². The van der Waals surface area contributed by atoms with E-state index in [1.165, 1.54) is 16.4 Å². The van der Waals surface area contributed by atoms with Crippen LogP contribution in [0.1, 0.15) is 19.3 Å². The molecule has 0 radical (unpaired) electrons. The minimum atomic E-state index is -3.46. The summed E-state index contributed by atoms with van der Waals surface area (Å²) in [6.45, 7) is 0.613. The molecule has 116 valence electrons. The van der Waals surface area contributed by atoms with Gasteiger partial charge in [-0.15, -0.1) is 0 Å². The monoisotopic (exact) mass is 313 g/mol. The Labute approximate surface area is 124 Å². The molecule has 0 unspecified atom stereocenters. The first-order valence-corrected chi connectivity index (χ1v) is 8.24. The van der Waals surface area contributed by atoms with Crippen LogP contribution in [0.3, 0.4) is 0 Å². The number of nitrogens with zero attached hydrogens (tertiary/aromatic N) is 1. The van der Waals surface area contributed by atoms with Crippen molar-refractivity contribution >= 4 is 16.0 Å². The van der Waals surface area contributed by atoms with Crippen molar-refractivity contribution in [3.05, 3.63) is 24.3 Å². The lowest BCUT2D eigenvalue weighted by atomic mass is 10.3. The highest BCUT2D eigenvalue weighted by Gasteiger charge is 2.29. The summed E-state index contributed by atoms with van der Waals surface area (Å²) in [5, 5.41) is 8.52. The lowest BCUT2D eigenvalue weighted by molar-refractivity contribution is -0.137. The smallest absolute Gasteiger partial charge is 0.306 e. The highest BCUT2D eigenvalue weighted by molar-refractivity contribution is 7.89. The van der Waals surface area contributed by atoms with E-state index in [1.54, 1.807) is 19.2 Å². The first kappa shape index (κ1) is 15.8. The van der Waals surface area contributed by atoms with Crippen molar-refractivity contribution in [2.75, 3.05) is 20.2 Å². The number of aliphatic carboxylic acids is 1. The molecule has 1 saturated carbocycles. The second-order valence-corrected chi connectivity index (χ2v) is 7.24. The lowest BCUT2D eigenvalue weighted by Crippen LogP contribution is -2.28. The van der Waals surface area contributed by atoms with E-state index >= 15 is 0 Å². The maximum absolute atomic E-state index is 12.3. The van der Waals surface area contributed by atoms with Gasteiger partial charge in [0.25, 0.3) is 0 Å². The van der Waals surface area contributed by atoms with Crippen LogP contribution in [0.4, 0.5) is 0 Å². The average molecular weight is 313 g/mol. The molecule has 0 spiro atoms. The summed E-state index contributed by atoms with van der Waals surface area (Å²) >= 11 is 0. The van der Waals surface area contributed by atoms with E-state index in [0.717, 1.165) is 12.8 Å². The predicted molar refractivity (Wildman–Crippen MR) is 76.7 cm³/mol. The Morgan fingerprint density at radius 3 is 2.48 bits per heavy atom. The quantitative estimate of drug-likeness (QED) is 0.787. The van der Waals surface area contributed by atoms with Gasteiger partial charge in [-0.2, -0.15) is 0 Å². The molecule has 0 bridgehead atoms. The molecule has 1 aliphatic carbocycles. The first-order valence-electron chi connectivity index (χ1n) is 6.80. The fraction of sp³-hybridized carbons (Fsp3) is 0.500. The van der Waals surface area contributed by atoms with Crippen LogP contribution in [-0.4, -0.2) is 44.0 Å². The zero-order valence-corrected chi connectivity index (χ0v) is 12.7. The standard InChI is InChI=1S/C14H19NO5S/c1-15(10-11-2-3-11)21(18,19)13-6-4-12(5-7-13)20-9-8-14(16)17/h4-7,11H,2-3,8-10H2,1H3,(H,16,17). The molecule has 1 fully saturated rings. The van der Waals surface area contributed by atoms with Crippen LogP contribution in [0.2, 0.25) is 0 Å². The molecule has 1 aromatic rings. The van der Waals surface area contributed by atoms with Gasteiger partial charge in [0.1, 0.15) is 5.75 Å². The van der Waals surface area contributed by atoms with Crippen LogP contribution in [0.25, 0.3) is 0 Å². The van der Waals surface area contributed by atoms with Crippen LogP contribution in [0.5, 0.6) is 5.75 Å². The molecule has 0 aliphatic heterocycles. The zero-order valence-electron chi connectivity index (χ0n) is 11.9. The fourth-order valence-corrected chi connectivity index (χ4v) is 3.15. The van der Waals surface area contributed by atoms with Gasteiger partial charge in [0.2, 0.25) is 10.0 Å². The van der Waals surface area contributed by atoms with E-state index in [-0.39, 0.29) is 17.9 Å². The van der Waals surface area contributed by atoms with Crippen molar-refractivity contribution in [3.8, 4) is 5.75 Å². The van der Waals surface area contributed by atoms with Crippen molar-refractivity contribution in [3.63, 3.8) is 0 Å². The maximum atomic E-state index is 12.3. The Morgan fingerprint density at radius 1 is 1.33 bits per heavy atom. The van der Waals surface area contributed by atoms with E-state index in [9.17, 15) is 13.2 Å². The topological polar surface area (TPSA) is 83.9 Å². The van der Waals surface area contributed by atoms with E-state index in [1.807, 2.05) is 0 Å². The normalized spacial score (nSPS) is 15.1. The van der Waals surface area contributed by atoms with E-state index in [2.05, 4.69) is 0 Å². The Balaban J connectivity index is 1.98. The Kier molecular flexibility index (Phi) is 4.84. The Bertz CT molecular complexity index is 592. The second kappa shape index (κ2) is 6.44. The molecule has 0 saturated heterocycles. The van der Waals surface area contributed by atoms with Gasteiger partial charge in [-0.05, 0) is 43.0 Å². The number of carboxylic acids is 1. The summed E-state index contributed by atoms with van der Waals surface area (Å²) in [4.78, 5) is 10.6. The lowest BCUT2D eigenvalue weighted by Gasteiger charge is -2.17. The Hall–Kier alpha value is -1.60. The molecule has 2 rings (SSSR count). The number of ether oxygens (including phenoxy) is 1. The number of hydrogen-bond donors (Lipinski definition) is 1. The summed E-state index contributed by atoms with van der Waals surface area (Å²) in [6, 6.07) is 6.04. The second-order valence-electron chi connectivity index (χ2n) is 5.19. The average Bonchev–Trinajstić information content (AvgIpc) is 3.23. The summed E-state index contributed by atoms with van der Waals surface area (Å²) in [5.41, 5.74) is 0. The van der Waals surface area contributed by atoms with Gasteiger partial charge in [-0.1, -0.05) is 0 Å². The van der Waals surface area contributed by atoms with Crippen molar-refractivity contribution in [1.29, 1.82) is 0 Å². The molecule has 0 atom stereocenters. The molecule has 0 aromatic heterocycles. The minimum absolute atomic E-state index is 0.0585. The molecule has 7 heteroatoms. The molecular weight excluding hydrogens is 294 g/mol. The highest BCUT2D eigenvalue weighted by atomic mass is 32.2. The third kappa shape index (κ3) is 4.44. The Morgan fingerprint density at radius 2 is 1.95 bits per heavy atom. The summed E-state index contributed by atoms with van der Waals surface area (Å²) in [6.07, 6.45) is 2.09. The number of carboxylic acid groups (broad SMARTS) is 1. The molecular formula is C14H19NO5S. The summed E-state index contributed by atoms with van der Waals surface area (Å²) in [5.74, 6) is 0.0133. The molecule has 1 aromatic carbocycles. The number of carbonyl (C=O) groups is 1. The SMILES string of the molecule is CN(CC1CC1)S(=O)(=O)c1ccc(OCCC(=O)O)cc1. The molecule has 1 aliphatic rings. The third-order valence-electron chi connectivity index (χ3n) is 3.33. The van der Waals surface area contributed by atoms with Crippen molar-refractivity contribution < 1.29 is 23.1 Å². The van der Waals surface area contributed by atoms with Crippen LogP contribution in [-0.2, 0) is 14.8 Å². The molecule has 1 N–H and O–H groups in total. The van der Waals surface area contributed by atoms with Crippen molar-refractivity contribution in [2.24, 2.45) is 5.92 Å². The molecule has 0 heterocycles. The van der Waals surface area contributed by atoms with E-state index in [0.29, 0.717) is 18.2 Å². The predicted octanol–water partition coefficient (Wildman–Crippen LogP) is 1.57. The molecule has 0 amide bonds. The fourth-order valence-electron chi connectivity index (χ4n) is 1.91. The van der Waals surface area contributed by atoms with Gasteiger partial charge < -0.3 is 9.84 Å². The van der Waals surface area contributed by atoms with E-state index in [4.69, 9.17) is 9.84 Å². The number of hydrogen-bond acceptors (Lipinski definition) is 4. The van der Waals surface area contributed by atoms with Gasteiger partial charge in [-0.3, -0.25) is 4.79 Å². The van der Waals surface area contributed by atoms with Gasteiger partial charge in [0.15, 0.2) is 0 Å². The van der Waals surface area contributed by atoms with Gasteiger partial charge in [0.05, 0.1) is 17.9 Å². The molecule has 6 nitrogen and oxygen atoms in total. The number of benzene rings is 1. The van der Waals surface area contributed by atoms with Gasteiger partial charge >= 0.3 is 5.97 Å². The highest BCUT2D eigenvalue weighted by Crippen LogP contribution is 2.31. The van der Waals surface area contributed by atoms with Crippen molar-refractivity contribution in [1.82, 2.24) is 4.31 Å². The summed E-state index contributed by atoms with van der Waals surface area (Å²) < 4.78 is 31.2. The summed E-state index contributed by atoms with van der Waals surface area (Å²) in [7, 11) is -1.87. The van der Waals surface area contributed by atoms with Gasteiger partial charge in [0, 0.05) is 13.6 Å². The van der Waals surface area contributed by atoms with Crippen LogP contribution < -0.4 is 4.74 Å². The van der Waals surface area contributed by atoms with Crippen LogP contribution in [0.15, 0.2) is 29.2 Å². The largest absolute Gasteiger partial charge is 0.493 e.